The predicted octanol–water partition coefficient (Wildman–Crippen LogP) is 0.716. The number of nitrogens with zero attached hydrogens (tertiary/aromatic N) is 2. The summed E-state index contributed by atoms with van der Waals surface area (Å²) in [6.07, 6.45) is -2.61. The first-order valence-corrected chi connectivity index (χ1v) is 9.59. The first kappa shape index (κ1) is 23.3. The average molecular weight is 417 g/mol. The van der Waals surface area contributed by atoms with Crippen molar-refractivity contribution in [3.63, 3.8) is 0 Å². The smallest absolute Gasteiger partial charge is 0.475 e. The minimum Gasteiger partial charge on any atom is -0.475 e. The number of aliphatic carboxylic acids is 1. The lowest BCUT2D eigenvalue weighted by molar-refractivity contribution is -0.192. The van der Waals surface area contributed by atoms with Gasteiger partial charge in [0.25, 0.3) is 0 Å². The Hall–Kier alpha value is -1.70. The van der Waals surface area contributed by atoms with Crippen LogP contribution in [0.2, 0.25) is 0 Å². The molecule has 2 N–H and O–H groups in total. The van der Waals surface area contributed by atoms with E-state index in [9.17, 15) is 21.6 Å². The second kappa shape index (κ2) is 10.0. The molecular formula is C14H22F3N3O6S. The van der Waals surface area contributed by atoms with Crippen LogP contribution in [-0.2, 0) is 37.3 Å². The molecule has 0 spiro atoms. The number of halogens is 3. The number of ether oxygens (including phenoxy) is 2. The summed E-state index contributed by atoms with van der Waals surface area (Å²) in [5.74, 6) is -2.69. The highest BCUT2D eigenvalue weighted by Gasteiger charge is 2.38. The standard InChI is InChI=1S/C12H21N3O4S.C2HF3O2/c1-3-20(16,17)13-8-11-12-10(4-6-19-11)9-15(14-12)5-7-18-2;3-2(4,5)1(6)7/h9,11,13H,3-8H2,1-2H3;(H,6,7). The summed E-state index contributed by atoms with van der Waals surface area (Å²) in [6.45, 7) is 3.69. The largest absolute Gasteiger partial charge is 0.490 e. The van der Waals surface area contributed by atoms with E-state index in [1.165, 1.54) is 0 Å². The third-order valence-corrected chi connectivity index (χ3v) is 4.87. The minimum atomic E-state index is -5.08. The summed E-state index contributed by atoms with van der Waals surface area (Å²) in [6, 6.07) is 0. The highest BCUT2D eigenvalue weighted by Crippen LogP contribution is 2.25. The van der Waals surface area contributed by atoms with Crippen LogP contribution in [0, 0.1) is 0 Å². The second-order valence-electron chi connectivity index (χ2n) is 5.46. The van der Waals surface area contributed by atoms with Gasteiger partial charge in [-0.3, -0.25) is 4.68 Å². The second-order valence-corrected chi connectivity index (χ2v) is 7.56. The molecule has 13 heteroatoms. The Morgan fingerprint density at radius 1 is 1.52 bits per heavy atom. The topological polar surface area (TPSA) is 120 Å². The number of hydrogen-bond donors (Lipinski definition) is 2. The van der Waals surface area contributed by atoms with Crippen molar-refractivity contribution >= 4 is 16.0 Å². The van der Waals surface area contributed by atoms with E-state index in [2.05, 4.69) is 9.82 Å². The van der Waals surface area contributed by atoms with Crippen LogP contribution in [0.4, 0.5) is 13.2 Å². The molecular weight excluding hydrogens is 395 g/mol. The zero-order valence-electron chi connectivity index (χ0n) is 14.8. The van der Waals surface area contributed by atoms with E-state index >= 15 is 0 Å². The van der Waals surface area contributed by atoms with E-state index in [0.717, 1.165) is 17.7 Å². The Balaban J connectivity index is 0.000000445. The number of carboxylic acids is 1. The van der Waals surface area contributed by atoms with Gasteiger partial charge in [-0.1, -0.05) is 0 Å². The molecule has 0 amide bonds. The summed E-state index contributed by atoms with van der Waals surface area (Å²) >= 11 is 0. The third-order valence-electron chi connectivity index (χ3n) is 3.50. The minimum absolute atomic E-state index is 0.0643. The number of methoxy groups -OCH3 is 1. The van der Waals surface area contributed by atoms with Crippen LogP contribution in [-0.4, -0.2) is 68.1 Å². The van der Waals surface area contributed by atoms with Gasteiger partial charge in [0, 0.05) is 19.9 Å². The number of carboxylic acid groups (broad SMARTS) is 1. The number of rotatable bonds is 7. The summed E-state index contributed by atoms with van der Waals surface area (Å²) < 4.78 is 69.7. The lowest BCUT2D eigenvalue weighted by Gasteiger charge is -2.22. The molecule has 1 unspecified atom stereocenters. The van der Waals surface area contributed by atoms with Crippen LogP contribution in [0.3, 0.4) is 0 Å². The number of fused-ring (bicyclic) bond motifs is 1. The fourth-order valence-corrected chi connectivity index (χ4v) is 2.70. The Kier molecular flexibility index (Phi) is 8.65. The van der Waals surface area contributed by atoms with Crippen LogP contribution in [0.1, 0.15) is 24.3 Å². The number of aromatic nitrogens is 2. The Morgan fingerprint density at radius 2 is 2.15 bits per heavy atom. The van der Waals surface area contributed by atoms with Gasteiger partial charge >= 0.3 is 12.1 Å². The first-order valence-electron chi connectivity index (χ1n) is 7.94. The van der Waals surface area contributed by atoms with Crippen LogP contribution in [0.15, 0.2) is 6.20 Å². The van der Waals surface area contributed by atoms with Crippen molar-refractivity contribution in [1.82, 2.24) is 14.5 Å². The number of sulfonamides is 1. The molecule has 0 aliphatic carbocycles. The maximum atomic E-state index is 11.5. The van der Waals surface area contributed by atoms with Crippen molar-refractivity contribution in [2.24, 2.45) is 0 Å². The summed E-state index contributed by atoms with van der Waals surface area (Å²) in [4.78, 5) is 8.90. The van der Waals surface area contributed by atoms with E-state index < -0.39 is 22.2 Å². The summed E-state index contributed by atoms with van der Waals surface area (Å²) in [5, 5.41) is 11.6. The molecule has 0 radical (unpaired) electrons. The Labute approximate surface area is 154 Å². The SMILES string of the molecule is CCS(=O)(=O)NCC1OCCc2cn(CCOC)nc21.O=C(O)C(F)(F)F. The number of alkyl halides is 3. The van der Waals surface area contributed by atoms with E-state index in [4.69, 9.17) is 19.4 Å². The molecule has 1 aliphatic rings. The molecule has 0 bridgehead atoms. The predicted molar refractivity (Wildman–Crippen MR) is 87.7 cm³/mol. The fraction of sp³-hybridized carbons (Fsp3) is 0.714. The van der Waals surface area contributed by atoms with Crippen LogP contribution in [0.5, 0.6) is 0 Å². The third kappa shape index (κ3) is 7.82. The molecule has 1 atom stereocenters. The molecule has 2 heterocycles. The van der Waals surface area contributed by atoms with Gasteiger partial charge in [0.05, 0.1) is 31.2 Å². The van der Waals surface area contributed by atoms with Gasteiger partial charge in [0.15, 0.2) is 0 Å². The van der Waals surface area contributed by atoms with Gasteiger partial charge < -0.3 is 14.6 Å². The Bertz CT molecular complexity index is 720. The fourth-order valence-electron chi connectivity index (χ4n) is 2.09. The van der Waals surface area contributed by atoms with Crippen molar-refractivity contribution in [2.45, 2.75) is 32.2 Å². The molecule has 0 saturated carbocycles. The molecule has 156 valence electrons. The van der Waals surface area contributed by atoms with Gasteiger partial charge in [-0.05, 0) is 18.9 Å². The normalized spacial score (nSPS) is 17.0. The van der Waals surface area contributed by atoms with Crippen LogP contribution >= 0.6 is 0 Å². The first-order chi connectivity index (χ1) is 12.5. The van der Waals surface area contributed by atoms with E-state index in [1.54, 1.807) is 14.0 Å². The highest BCUT2D eigenvalue weighted by atomic mass is 32.2. The van der Waals surface area contributed by atoms with Crippen molar-refractivity contribution < 1.29 is 41.0 Å². The van der Waals surface area contributed by atoms with E-state index in [0.29, 0.717) is 19.8 Å². The quantitative estimate of drug-likeness (QED) is 0.671. The van der Waals surface area contributed by atoms with Gasteiger partial charge in [-0.15, -0.1) is 0 Å². The average Bonchev–Trinajstić information content (AvgIpc) is 3.01. The molecule has 1 aromatic rings. The molecule has 0 saturated heterocycles. The maximum Gasteiger partial charge on any atom is 0.490 e. The molecule has 1 aromatic heterocycles. The lowest BCUT2D eigenvalue weighted by atomic mass is 10.1. The summed E-state index contributed by atoms with van der Waals surface area (Å²) in [5.41, 5.74) is 1.94. The van der Waals surface area contributed by atoms with Gasteiger partial charge in [0.2, 0.25) is 10.0 Å². The van der Waals surface area contributed by atoms with Gasteiger partial charge in [0.1, 0.15) is 6.10 Å². The van der Waals surface area contributed by atoms with E-state index in [-0.39, 0.29) is 18.4 Å². The monoisotopic (exact) mass is 417 g/mol. The number of nitrogens with one attached hydrogen (secondary N) is 1. The molecule has 9 nitrogen and oxygen atoms in total. The van der Waals surface area contributed by atoms with Crippen molar-refractivity contribution in [1.29, 1.82) is 0 Å². The number of hydrogen-bond acceptors (Lipinski definition) is 6. The summed E-state index contributed by atoms with van der Waals surface area (Å²) in [7, 11) is -1.57. The van der Waals surface area contributed by atoms with E-state index in [1.807, 2.05) is 10.9 Å². The molecule has 0 aromatic carbocycles. The molecule has 27 heavy (non-hydrogen) atoms. The maximum absolute atomic E-state index is 11.5. The van der Waals surface area contributed by atoms with Crippen molar-refractivity contribution in [3.8, 4) is 0 Å². The lowest BCUT2D eigenvalue weighted by Crippen LogP contribution is -2.32. The van der Waals surface area contributed by atoms with Gasteiger partial charge in [-0.2, -0.15) is 18.3 Å². The van der Waals surface area contributed by atoms with Crippen molar-refractivity contribution in [3.05, 3.63) is 17.5 Å². The van der Waals surface area contributed by atoms with Crippen molar-refractivity contribution in [2.75, 3.05) is 32.6 Å². The number of carbonyl (C=O) groups is 1. The Morgan fingerprint density at radius 3 is 2.67 bits per heavy atom. The van der Waals surface area contributed by atoms with Crippen LogP contribution in [0.25, 0.3) is 0 Å². The molecule has 1 aliphatic heterocycles. The molecule has 0 fully saturated rings. The zero-order valence-corrected chi connectivity index (χ0v) is 15.6. The zero-order chi connectivity index (χ0) is 20.7. The van der Waals surface area contributed by atoms with Gasteiger partial charge in [-0.25, -0.2) is 17.9 Å². The highest BCUT2D eigenvalue weighted by molar-refractivity contribution is 7.89. The van der Waals surface area contributed by atoms with Crippen LogP contribution < -0.4 is 4.72 Å². The molecule has 2 rings (SSSR count).